The third kappa shape index (κ3) is 4.58. The zero-order valence-electron chi connectivity index (χ0n) is 18.6. The van der Waals surface area contributed by atoms with Crippen molar-refractivity contribution in [2.24, 2.45) is 0 Å². The van der Waals surface area contributed by atoms with Gasteiger partial charge in [0.1, 0.15) is 11.6 Å². The van der Waals surface area contributed by atoms with Gasteiger partial charge in [-0.15, -0.1) is 0 Å². The molecule has 1 heterocycles. The van der Waals surface area contributed by atoms with Crippen molar-refractivity contribution in [2.45, 2.75) is 20.4 Å². The van der Waals surface area contributed by atoms with E-state index in [2.05, 4.69) is 6.07 Å². The first-order valence-electron chi connectivity index (χ1n) is 10.9. The van der Waals surface area contributed by atoms with Gasteiger partial charge < -0.3 is 14.2 Å². The predicted octanol–water partition coefficient (Wildman–Crippen LogP) is 6.21. The molecule has 33 heavy (non-hydrogen) atoms. The third-order valence-electron chi connectivity index (χ3n) is 5.68. The van der Waals surface area contributed by atoms with Gasteiger partial charge in [-0.3, -0.25) is 0 Å². The molecule has 1 aromatic heterocycles. The molecule has 0 saturated heterocycles. The third-order valence-corrected chi connectivity index (χ3v) is 5.68. The van der Waals surface area contributed by atoms with Gasteiger partial charge in [0.2, 0.25) is 0 Å². The predicted molar refractivity (Wildman–Crippen MR) is 127 cm³/mol. The molecule has 0 aliphatic carbocycles. The second-order valence-electron chi connectivity index (χ2n) is 7.67. The van der Waals surface area contributed by atoms with Crippen molar-refractivity contribution in [1.82, 2.24) is 9.47 Å². The number of benzene rings is 3. The van der Waals surface area contributed by atoms with Crippen LogP contribution in [-0.2, 0) is 6.54 Å². The first-order chi connectivity index (χ1) is 16.0. The number of hydrogen-bond donors (Lipinski definition) is 0. The molecule has 0 spiro atoms. The van der Waals surface area contributed by atoms with Gasteiger partial charge in [-0.05, 0) is 67.4 Å². The maximum atomic E-state index is 13.7. The Morgan fingerprint density at radius 1 is 1.06 bits per heavy atom. The monoisotopic (exact) mass is 441 g/mol. The lowest BCUT2D eigenvalue weighted by Gasteiger charge is -2.20. The minimum absolute atomic E-state index is 0.271. The van der Waals surface area contributed by atoms with E-state index in [-0.39, 0.29) is 5.82 Å². The Labute approximate surface area is 192 Å². The van der Waals surface area contributed by atoms with Crippen molar-refractivity contribution in [3.05, 3.63) is 89.9 Å². The molecule has 0 N–H and O–H groups in total. The molecule has 0 bridgehead atoms. The highest BCUT2D eigenvalue weighted by molar-refractivity contribution is 5.99. The van der Waals surface area contributed by atoms with Crippen LogP contribution < -0.4 is 4.74 Å². The van der Waals surface area contributed by atoms with Crippen molar-refractivity contribution in [2.75, 3.05) is 13.1 Å². The Kier molecular flexibility index (Phi) is 6.41. The van der Waals surface area contributed by atoms with Gasteiger partial charge >= 0.3 is 6.09 Å². The number of nitriles is 1. The number of halogens is 1. The Balaban J connectivity index is 1.81. The summed E-state index contributed by atoms with van der Waals surface area (Å²) in [7, 11) is 0. The van der Waals surface area contributed by atoms with Gasteiger partial charge in [0, 0.05) is 42.3 Å². The molecule has 0 aliphatic rings. The summed E-state index contributed by atoms with van der Waals surface area (Å²) in [4.78, 5) is 14.3. The second kappa shape index (κ2) is 9.58. The molecule has 0 unspecified atom stereocenters. The minimum atomic E-state index is -0.409. The molecule has 4 rings (SSSR count). The largest absolute Gasteiger partial charge is 0.415 e. The van der Waals surface area contributed by atoms with Crippen LogP contribution in [0.5, 0.6) is 5.75 Å². The lowest BCUT2D eigenvalue weighted by molar-refractivity contribution is 0.157. The Morgan fingerprint density at radius 3 is 2.48 bits per heavy atom. The van der Waals surface area contributed by atoms with Crippen LogP contribution in [0.15, 0.2) is 72.9 Å². The normalized spacial score (nSPS) is 10.7. The van der Waals surface area contributed by atoms with Crippen LogP contribution in [0.1, 0.15) is 25.0 Å². The molecule has 6 heteroatoms. The molecule has 166 valence electrons. The summed E-state index contributed by atoms with van der Waals surface area (Å²) in [6, 6.07) is 21.5. The van der Waals surface area contributed by atoms with Crippen LogP contribution in [0.4, 0.5) is 9.18 Å². The topological polar surface area (TPSA) is 58.3 Å². The summed E-state index contributed by atoms with van der Waals surface area (Å²) in [6.45, 7) is 5.41. The number of aromatic nitrogens is 1. The Bertz CT molecular complexity index is 1330. The first kappa shape index (κ1) is 22.1. The highest BCUT2D eigenvalue weighted by Crippen LogP contribution is 2.38. The smallest absolute Gasteiger partial charge is 0.410 e. The summed E-state index contributed by atoms with van der Waals surface area (Å²) in [5.74, 6) is 0.181. The number of ether oxygens (including phenoxy) is 1. The average Bonchev–Trinajstić information content (AvgIpc) is 3.22. The second-order valence-corrected chi connectivity index (χ2v) is 7.67. The lowest BCUT2D eigenvalue weighted by Crippen LogP contribution is -2.33. The standard InChI is InChI=1S/C27H24FN3O2/c1-3-30(4-2)27(32)33-25-13-12-24-23(26(25)21-10-8-19(17-29)9-11-21)14-15-31(24)18-20-6-5-7-22(28)16-20/h5-16H,3-4,18H2,1-2H3. The van der Waals surface area contributed by atoms with Gasteiger partial charge in [0.25, 0.3) is 0 Å². The molecule has 4 aromatic rings. The van der Waals surface area contributed by atoms with E-state index in [1.165, 1.54) is 12.1 Å². The van der Waals surface area contributed by atoms with E-state index in [4.69, 9.17) is 10.00 Å². The van der Waals surface area contributed by atoms with Crippen LogP contribution in [0.25, 0.3) is 22.0 Å². The van der Waals surface area contributed by atoms with Crippen LogP contribution in [0.2, 0.25) is 0 Å². The van der Waals surface area contributed by atoms with Crippen molar-refractivity contribution >= 4 is 17.0 Å². The molecule has 5 nitrogen and oxygen atoms in total. The van der Waals surface area contributed by atoms with Gasteiger partial charge in [-0.1, -0.05) is 24.3 Å². The summed E-state index contributed by atoms with van der Waals surface area (Å²) >= 11 is 0. The molecule has 0 saturated carbocycles. The maximum Gasteiger partial charge on any atom is 0.415 e. The number of nitrogens with zero attached hydrogens (tertiary/aromatic N) is 3. The zero-order chi connectivity index (χ0) is 23.4. The number of rotatable bonds is 6. The van der Waals surface area contributed by atoms with E-state index in [1.54, 1.807) is 29.2 Å². The summed E-state index contributed by atoms with van der Waals surface area (Å²) in [5, 5.41) is 10.1. The van der Waals surface area contributed by atoms with Crippen LogP contribution in [0, 0.1) is 17.1 Å². The van der Waals surface area contributed by atoms with Gasteiger partial charge in [-0.2, -0.15) is 5.26 Å². The number of carbonyl (C=O) groups is 1. The SMILES string of the molecule is CCN(CC)C(=O)Oc1ccc2c(ccn2Cc2cccc(F)c2)c1-c1ccc(C#N)cc1. The van der Waals surface area contributed by atoms with Crippen molar-refractivity contribution in [3.63, 3.8) is 0 Å². The molecule has 0 fully saturated rings. The van der Waals surface area contributed by atoms with E-state index in [0.717, 1.165) is 27.6 Å². The molecule has 3 aromatic carbocycles. The fourth-order valence-electron chi connectivity index (χ4n) is 3.96. The average molecular weight is 442 g/mol. The van der Waals surface area contributed by atoms with Crippen LogP contribution >= 0.6 is 0 Å². The minimum Gasteiger partial charge on any atom is -0.410 e. The Morgan fingerprint density at radius 2 is 1.82 bits per heavy atom. The van der Waals surface area contributed by atoms with Gasteiger partial charge in [-0.25, -0.2) is 9.18 Å². The first-order valence-corrected chi connectivity index (χ1v) is 10.9. The molecule has 0 radical (unpaired) electrons. The fraction of sp³-hybridized carbons (Fsp3) is 0.185. The molecular weight excluding hydrogens is 417 g/mol. The molecule has 1 amide bonds. The van der Waals surface area contributed by atoms with Gasteiger partial charge in [0.15, 0.2) is 0 Å². The highest BCUT2D eigenvalue weighted by Gasteiger charge is 2.19. The fourth-order valence-corrected chi connectivity index (χ4v) is 3.96. The number of hydrogen-bond acceptors (Lipinski definition) is 3. The molecule has 0 atom stereocenters. The van der Waals surface area contributed by atoms with Crippen LogP contribution in [0.3, 0.4) is 0 Å². The number of fused-ring (bicyclic) bond motifs is 1. The van der Waals surface area contributed by atoms with Gasteiger partial charge in [0.05, 0.1) is 11.6 Å². The molecular formula is C27H24FN3O2. The van der Waals surface area contributed by atoms with E-state index in [0.29, 0.717) is 30.9 Å². The van der Waals surface area contributed by atoms with E-state index in [9.17, 15) is 9.18 Å². The van der Waals surface area contributed by atoms with Crippen molar-refractivity contribution in [1.29, 1.82) is 5.26 Å². The van der Waals surface area contributed by atoms with Crippen molar-refractivity contribution in [3.8, 4) is 22.9 Å². The lowest BCUT2D eigenvalue weighted by atomic mass is 9.99. The zero-order valence-corrected chi connectivity index (χ0v) is 18.6. The number of amides is 1. The van der Waals surface area contributed by atoms with Crippen LogP contribution in [-0.4, -0.2) is 28.6 Å². The number of carbonyl (C=O) groups excluding carboxylic acids is 1. The summed E-state index contributed by atoms with van der Waals surface area (Å²) < 4.78 is 21.5. The van der Waals surface area contributed by atoms with E-state index in [1.807, 2.05) is 54.9 Å². The summed E-state index contributed by atoms with van der Waals surface area (Å²) in [6.07, 6.45) is 1.53. The summed E-state index contributed by atoms with van der Waals surface area (Å²) in [5.41, 5.74) is 3.95. The van der Waals surface area contributed by atoms with E-state index < -0.39 is 6.09 Å². The quantitative estimate of drug-likeness (QED) is 0.357. The maximum absolute atomic E-state index is 13.7. The Hall–Kier alpha value is -4.11. The van der Waals surface area contributed by atoms with Crippen molar-refractivity contribution < 1.29 is 13.9 Å². The highest BCUT2D eigenvalue weighted by atomic mass is 19.1. The molecule has 0 aliphatic heterocycles. The van der Waals surface area contributed by atoms with E-state index >= 15 is 0 Å².